The summed E-state index contributed by atoms with van der Waals surface area (Å²) in [5, 5.41) is 13.9. The van der Waals surface area contributed by atoms with Gasteiger partial charge in [-0.2, -0.15) is 0 Å². The van der Waals surface area contributed by atoms with Crippen LogP contribution in [0.5, 0.6) is 0 Å². The van der Waals surface area contributed by atoms with E-state index in [1.165, 1.54) is 199 Å². The number of rotatable bonds is 60. The van der Waals surface area contributed by atoms with Crippen LogP contribution in [0.15, 0.2) is 72.9 Å². The quantitative estimate of drug-likeness (QED) is 0.0272. The van der Waals surface area contributed by atoms with Crippen LogP contribution in [0.2, 0.25) is 0 Å². The number of aliphatic hydroxyl groups is 1. The van der Waals surface area contributed by atoms with Gasteiger partial charge in [0.15, 0.2) is 0 Å². The highest BCUT2D eigenvalue weighted by atomic mass is 31.2. The van der Waals surface area contributed by atoms with Crippen LogP contribution < -0.4 is 10.2 Å². The molecule has 0 aliphatic carbocycles. The molecule has 0 fully saturated rings. The first-order valence-corrected chi connectivity index (χ1v) is 34.3. The van der Waals surface area contributed by atoms with Crippen molar-refractivity contribution in [2.75, 3.05) is 40.9 Å². The number of carbonyl (C=O) groups excluding carboxylic acids is 1. The van der Waals surface area contributed by atoms with E-state index in [1.807, 2.05) is 27.2 Å². The summed E-state index contributed by atoms with van der Waals surface area (Å²) in [7, 11) is 1.25. The standard InChI is InChI=1S/C68H127N2O6P/c1-6-8-10-12-14-16-18-20-22-24-26-28-30-31-32-33-34-35-36-37-38-40-41-43-45-47-49-51-53-55-57-59-61-67(71)66(65-76-77(73,74)75-64-63-70(3,4)5)69-68(72)62-60-58-56-54-52-50-48-46-44-42-39-29-27-25-23-21-19-17-15-13-11-9-7-2/h9,11,15,17,21,23,27,29,42,44,59,61,66-67,71H,6-8,10,12-14,16,18-20,22,24-26,28,30-41,43,45-58,60,62-65H2,1-5H3,(H-,69,72,73,74)/b11-9-,17-15-,23-21-,29-27-,44-42-,61-59+. The van der Waals surface area contributed by atoms with Crippen LogP contribution in [-0.4, -0.2) is 68.5 Å². The Bertz CT molecular complexity index is 1480. The van der Waals surface area contributed by atoms with Crippen molar-refractivity contribution in [1.82, 2.24) is 5.32 Å². The lowest BCUT2D eigenvalue weighted by Gasteiger charge is -2.29. The number of hydrogen-bond acceptors (Lipinski definition) is 6. The second-order valence-electron chi connectivity index (χ2n) is 23.4. The number of nitrogens with one attached hydrogen (secondary N) is 1. The van der Waals surface area contributed by atoms with Gasteiger partial charge in [-0.25, -0.2) is 0 Å². The summed E-state index contributed by atoms with van der Waals surface area (Å²) in [5.41, 5.74) is 0. The van der Waals surface area contributed by atoms with Crippen molar-refractivity contribution >= 4 is 13.7 Å². The van der Waals surface area contributed by atoms with Crippen LogP contribution in [0.25, 0.3) is 0 Å². The van der Waals surface area contributed by atoms with Crippen molar-refractivity contribution in [3.8, 4) is 0 Å². The maximum atomic E-state index is 13.0. The number of quaternary nitrogens is 1. The first-order valence-electron chi connectivity index (χ1n) is 32.8. The number of nitrogens with zero attached hydrogens (tertiary/aromatic N) is 1. The zero-order chi connectivity index (χ0) is 56.3. The van der Waals surface area contributed by atoms with Crippen molar-refractivity contribution in [2.45, 2.75) is 315 Å². The predicted octanol–water partition coefficient (Wildman–Crippen LogP) is 20.0. The number of carbonyl (C=O) groups is 1. The molecule has 0 aliphatic rings. The average Bonchev–Trinajstić information content (AvgIpc) is 3.39. The minimum atomic E-state index is -4.61. The summed E-state index contributed by atoms with van der Waals surface area (Å²) in [5.74, 6) is -0.208. The molecule has 0 radical (unpaired) electrons. The molecule has 2 N–H and O–H groups in total. The van der Waals surface area contributed by atoms with Gasteiger partial charge < -0.3 is 28.8 Å². The van der Waals surface area contributed by atoms with Crippen LogP contribution >= 0.6 is 7.82 Å². The maximum Gasteiger partial charge on any atom is 0.268 e. The molecule has 450 valence electrons. The minimum absolute atomic E-state index is 0.00619. The van der Waals surface area contributed by atoms with E-state index >= 15 is 0 Å². The van der Waals surface area contributed by atoms with E-state index in [0.29, 0.717) is 17.4 Å². The van der Waals surface area contributed by atoms with Crippen molar-refractivity contribution in [2.24, 2.45) is 0 Å². The van der Waals surface area contributed by atoms with Gasteiger partial charge in [0.05, 0.1) is 39.9 Å². The number of likely N-dealkylation sites (N-methyl/N-ethyl adjacent to an activating group) is 1. The topological polar surface area (TPSA) is 108 Å². The van der Waals surface area contributed by atoms with E-state index in [4.69, 9.17) is 9.05 Å². The number of phosphoric ester groups is 1. The van der Waals surface area contributed by atoms with E-state index in [1.54, 1.807) is 6.08 Å². The fraction of sp³-hybridized carbons (Fsp3) is 0.809. The zero-order valence-corrected chi connectivity index (χ0v) is 52.3. The van der Waals surface area contributed by atoms with Gasteiger partial charge in [0.25, 0.3) is 7.82 Å². The van der Waals surface area contributed by atoms with E-state index in [9.17, 15) is 19.4 Å². The van der Waals surface area contributed by atoms with Gasteiger partial charge >= 0.3 is 0 Å². The molecule has 3 unspecified atom stereocenters. The SMILES string of the molecule is CC/C=C\C/C=C\C/C=C\C/C=C\C/C=C\CCCCCCCCCC(=O)NC(COP(=O)([O-])OCC[N+](C)(C)C)C(O)/C=C/CCCCCCCCCCCCCCCCCCCCCCCCCCCCCCCC. The Morgan fingerprint density at radius 1 is 0.468 bits per heavy atom. The van der Waals surface area contributed by atoms with E-state index in [2.05, 4.69) is 79.9 Å². The molecule has 0 heterocycles. The van der Waals surface area contributed by atoms with Crippen molar-refractivity contribution in [3.05, 3.63) is 72.9 Å². The second kappa shape index (κ2) is 58.6. The van der Waals surface area contributed by atoms with Gasteiger partial charge in [-0.05, 0) is 64.2 Å². The van der Waals surface area contributed by atoms with Crippen LogP contribution in [0.1, 0.15) is 303 Å². The Morgan fingerprint density at radius 3 is 1.16 bits per heavy atom. The maximum absolute atomic E-state index is 13.0. The van der Waals surface area contributed by atoms with E-state index in [-0.39, 0.29) is 19.1 Å². The third-order valence-electron chi connectivity index (χ3n) is 14.7. The number of hydrogen-bond donors (Lipinski definition) is 2. The Balaban J connectivity index is 4.12. The minimum Gasteiger partial charge on any atom is -0.756 e. The second-order valence-corrected chi connectivity index (χ2v) is 24.9. The largest absolute Gasteiger partial charge is 0.756 e. The molecule has 77 heavy (non-hydrogen) atoms. The van der Waals surface area contributed by atoms with Gasteiger partial charge in [-0.15, -0.1) is 0 Å². The average molecular weight is 1100 g/mol. The Labute approximate surface area is 478 Å². The highest BCUT2D eigenvalue weighted by Gasteiger charge is 2.23. The Kier molecular flexibility index (Phi) is 57.0. The molecule has 0 aromatic heterocycles. The van der Waals surface area contributed by atoms with Gasteiger partial charge in [0.1, 0.15) is 13.2 Å². The molecule has 0 saturated carbocycles. The predicted molar refractivity (Wildman–Crippen MR) is 334 cm³/mol. The van der Waals surface area contributed by atoms with E-state index < -0.39 is 20.0 Å². The summed E-state index contributed by atoms with van der Waals surface area (Å²) in [6.45, 7) is 4.56. The molecular weight excluding hydrogens is 972 g/mol. The van der Waals surface area contributed by atoms with Gasteiger partial charge in [0.2, 0.25) is 5.91 Å². The summed E-state index contributed by atoms with van der Waals surface area (Å²) < 4.78 is 23.4. The third-order valence-corrected chi connectivity index (χ3v) is 15.6. The highest BCUT2D eigenvalue weighted by Crippen LogP contribution is 2.38. The number of unbranched alkanes of at least 4 members (excludes halogenated alkanes) is 37. The summed E-state index contributed by atoms with van der Waals surface area (Å²) in [6, 6.07) is -0.899. The van der Waals surface area contributed by atoms with Crippen molar-refractivity contribution < 1.29 is 32.9 Å². The fourth-order valence-corrected chi connectivity index (χ4v) is 10.3. The lowest BCUT2D eigenvalue weighted by Crippen LogP contribution is -2.45. The molecule has 0 aromatic carbocycles. The fourth-order valence-electron chi connectivity index (χ4n) is 9.60. The summed E-state index contributed by atoms with van der Waals surface area (Å²) in [4.78, 5) is 25.6. The van der Waals surface area contributed by atoms with Gasteiger partial charge in [0, 0.05) is 6.42 Å². The smallest absolute Gasteiger partial charge is 0.268 e. The monoisotopic (exact) mass is 1100 g/mol. The molecule has 0 aromatic rings. The van der Waals surface area contributed by atoms with Crippen molar-refractivity contribution in [1.29, 1.82) is 0 Å². The van der Waals surface area contributed by atoms with Gasteiger partial charge in [-0.3, -0.25) is 9.36 Å². The molecule has 0 aliphatic heterocycles. The molecule has 0 spiro atoms. The Morgan fingerprint density at radius 2 is 0.792 bits per heavy atom. The molecule has 0 rings (SSSR count). The molecule has 1 amide bonds. The summed E-state index contributed by atoms with van der Waals surface area (Å²) >= 11 is 0. The number of aliphatic hydroxyl groups excluding tert-OH is 1. The molecule has 8 nitrogen and oxygen atoms in total. The number of amides is 1. The lowest BCUT2D eigenvalue weighted by molar-refractivity contribution is -0.870. The van der Waals surface area contributed by atoms with Crippen LogP contribution in [0.4, 0.5) is 0 Å². The van der Waals surface area contributed by atoms with Gasteiger partial charge in [-0.1, -0.05) is 305 Å². The Hall–Kier alpha value is -2.06. The summed E-state index contributed by atoms with van der Waals surface area (Å²) in [6.07, 6.45) is 81.5. The first kappa shape index (κ1) is 74.9. The molecule has 9 heteroatoms. The molecule has 3 atom stereocenters. The van der Waals surface area contributed by atoms with Crippen molar-refractivity contribution in [3.63, 3.8) is 0 Å². The third kappa shape index (κ3) is 61.4. The lowest BCUT2D eigenvalue weighted by atomic mass is 10.0. The normalized spacial score (nSPS) is 14.2. The molecule has 0 saturated heterocycles. The van der Waals surface area contributed by atoms with Crippen LogP contribution in [0, 0.1) is 0 Å². The molecular formula is C68H127N2O6P. The van der Waals surface area contributed by atoms with Crippen LogP contribution in [0.3, 0.4) is 0 Å². The zero-order valence-electron chi connectivity index (χ0n) is 51.4. The van der Waals surface area contributed by atoms with Crippen LogP contribution in [-0.2, 0) is 18.4 Å². The number of phosphoric acid groups is 1. The highest BCUT2D eigenvalue weighted by molar-refractivity contribution is 7.45. The van der Waals surface area contributed by atoms with E-state index in [0.717, 1.165) is 83.5 Å². The number of allylic oxidation sites excluding steroid dienone is 11. The molecule has 0 bridgehead atoms. The first-order chi connectivity index (χ1) is 37.5.